The van der Waals surface area contributed by atoms with Gasteiger partial charge in [-0.2, -0.15) is 0 Å². The molecule has 0 saturated carbocycles. The maximum absolute atomic E-state index is 8.89. The largest absolute Gasteiger partial charge is 2.00 e. The van der Waals surface area contributed by atoms with Gasteiger partial charge in [-0.15, -0.1) is 0 Å². The molecule has 1 radical (unpaired) electrons. The fraction of sp³-hybridized carbons (Fsp3) is 0.300. The van der Waals surface area contributed by atoms with Crippen molar-refractivity contribution in [3.63, 3.8) is 0 Å². The molecule has 0 saturated heterocycles. The van der Waals surface area contributed by atoms with Gasteiger partial charge in [0.2, 0.25) is 0 Å². The van der Waals surface area contributed by atoms with Crippen molar-refractivity contribution < 1.29 is 36.9 Å². The smallest absolute Gasteiger partial charge is 0.550 e. The normalized spacial score (nSPS) is 10.6. The molecule has 153 valence electrons. The Morgan fingerprint density at radius 3 is 1.00 bits per heavy atom. The maximum atomic E-state index is 8.89. The van der Waals surface area contributed by atoms with Gasteiger partial charge in [0.15, 0.2) is 0 Å². The summed E-state index contributed by atoms with van der Waals surface area (Å²) < 4.78 is 0. The summed E-state index contributed by atoms with van der Waals surface area (Å²) in [6.45, 7) is 5.91. The molecule has 0 heterocycles. The second-order valence-electron chi connectivity index (χ2n) is 5.38. The van der Waals surface area contributed by atoms with Crippen LogP contribution in [0.4, 0.5) is 0 Å². The van der Waals surface area contributed by atoms with Gasteiger partial charge in [0, 0.05) is 24.0 Å². The Bertz CT molecular complexity index is 542. The van der Waals surface area contributed by atoms with Crippen molar-refractivity contribution in [2.45, 2.75) is 39.8 Å². The van der Waals surface area contributed by atoms with E-state index in [2.05, 4.69) is 0 Å². The summed E-state index contributed by atoms with van der Waals surface area (Å²) in [7, 11) is 0. The molecule has 7 heteroatoms. The van der Waals surface area contributed by atoms with E-state index >= 15 is 0 Å². The van der Waals surface area contributed by atoms with Crippen LogP contribution in [0.1, 0.15) is 50.9 Å². The average molecular weight is 424 g/mol. The quantitative estimate of drug-likeness (QED) is 0.690. The van der Waals surface area contributed by atoms with E-state index in [0.717, 1.165) is 13.8 Å². The number of nitrogens with two attached hydrogens (primary N) is 2. The van der Waals surface area contributed by atoms with Crippen LogP contribution < -0.4 is 21.7 Å². The standard InChI is InChI=1S/2C8H11N.2C2H4O2.Cu/c2*1-7(9)8-5-3-2-4-6-8;2*1-2(3)4;/h2*2-7H,9H2,1H3;2*1H3,(H,3,4);/q;;;;+2/p-2. The van der Waals surface area contributed by atoms with Crippen LogP contribution in [0.25, 0.3) is 0 Å². The van der Waals surface area contributed by atoms with E-state index < -0.39 is 11.9 Å². The molecule has 27 heavy (non-hydrogen) atoms. The number of hydrogen-bond donors (Lipinski definition) is 2. The Hall–Kier alpha value is -2.18. The van der Waals surface area contributed by atoms with Crippen LogP contribution in [0.15, 0.2) is 60.7 Å². The van der Waals surface area contributed by atoms with Gasteiger partial charge in [0.1, 0.15) is 0 Å². The van der Waals surface area contributed by atoms with Crippen LogP contribution in [0.2, 0.25) is 0 Å². The molecular formula is C20H28CuN2O4. The Kier molecular flexibility index (Phi) is 20.4. The molecule has 0 amide bonds. The van der Waals surface area contributed by atoms with Crippen LogP contribution in [0.5, 0.6) is 0 Å². The SMILES string of the molecule is CC(=O)[O-].CC(=O)[O-].CC(N)c1ccccc1.CC(N)c1ccccc1.[Cu+2]. The molecule has 0 aliphatic carbocycles. The number of carbonyl (C=O) groups is 2. The van der Waals surface area contributed by atoms with Gasteiger partial charge in [-0.05, 0) is 38.8 Å². The minimum atomic E-state index is -1.08. The molecule has 0 aliphatic rings. The van der Waals surface area contributed by atoms with E-state index in [1.54, 1.807) is 0 Å². The van der Waals surface area contributed by atoms with Crippen molar-refractivity contribution in [1.82, 2.24) is 0 Å². The zero-order valence-corrected chi connectivity index (χ0v) is 17.0. The molecule has 2 atom stereocenters. The average Bonchev–Trinajstić information content (AvgIpc) is 2.56. The van der Waals surface area contributed by atoms with Gasteiger partial charge in [0.25, 0.3) is 0 Å². The van der Waals surface area contributed by atoms with Crippen LogP contribution in [-0.4, -0.2) is 11.9 Å². The Morgan fingerprint density at radius 1 is 0.704 bits per heavy atom. The fourth-order valence-corrected chi connectivity index (χ4v) is 1.51. The molecule has 0 spiro atoms. The van der Waals surface area contributed by atoms with Gasteiger partial charge in [-0.25, -0.2) is 0 Å². The first-order chi connectivity index (χ1) is 12.1. The number of hydrogen-bond acceptors (Lipinski definition) is 6. The van der Waals surface area contributed by atoms with Gasteiger partial charge in [0.05, 0.1) is 0 Å². The first kappa shape index (κ1) is 29.6. The van der Waals surface area contributed by atoms with Crippen LogP contribution in [0.3, 0.4) is 0 Å². The van der Waals surface area contributed by atoms with Crippen molar-refractivity contribution in [3.05, 3.63) is 71.8 Å². The van der Waals surface area contributed by atoms with Crippen molar-refractivity contribution in [2.24, 2.45) is 11.5 Å². The molecular weight excluding hydrogens is 396 g/mol. The fourth-order valence-electron chi connectivity index (χ4n) is 1.51. The minimum absolute atomic E-state index is 0. The van der Waals surface area contributed by atoms with Gasteiger partial charge < -0.3 is 31.3 Å². The van der Waals surface area contributed by atoms with Gasteiger partial charge >= 0.3 is 17.1 Å². The summed E-state index contributed by atoms with van der Waals surface area (Å²) >= 11 is 0. The van der Waals surface area contributed by atoms with Crippen molar-refractivity contribution in [3.8, 4) is 0 Å². The molecule has 2 aromatic rings. The first-order valence-corrected chi connectivity index (χ1v) is 8.04. The number of carboxylic acids is 2. The van der Waals surface area contributed by atoms with E-state index in [9.17, 15) is 0 Å². The molecule has 2 unspecified atom stereocenters. The minimum Gasteiger partial charge on any atom is -0.550 e. The Morgan fingerprint density at radius 2 is 0.889 bits per heavy atom. The van der Waals surface area contributed by atoms with Crippen LogP contribution in [-0.2, 0) is 26.7 Å². The second kappa shape index (κ2) is 18.6. The molecule has 0 aromatic heterocycles. The molecule has 2 aromatic carbocycles. The zero-order valence-electron chi connectivity index (χ0n) is 16.0. The summed E-state index contributed by atoms with van der Waals surface area (Å²) in [6, 6.07) is 20.4. The van der Waals surface area contributed by atoms with E-state index in [0.29, 0.717) is 0 Å². The number of benzene rings is 2. The summed E-state index contributed by atoms with van der Waals surface area (Å²) in [4.78, 5) is 17.8. The predicted molar refractivity (Wildman–Crippen MR) is 99.5 cm³/mol. The molecule has 4 N–H and O–H groups in total. The summed E-state index contributed by atoms with van der Waals surface area (Å²) in [5.74, 6) is -2.17. The van der Waals surface area contributed by atoms with Crippen molar-refractivity contribution >= 4 is 11.9 Å². The molecule has 6 nitrogen and oxygen atoms in total. The van der Waals surface area contributed by atoms with Gasteiger partial charge in [-0.3, -0.25) is 0 Å². The summed E-state index contributed by atoms with van der Waals surface area (Å²) in [5, 5.41) is 17.8. The third-order valence-corrected chi connectivity index (χ3v) is 2.65. The number of rotatable bonds is 2. The summed E-state index contributed by atoms with van der Waals surface area (Å²) in [5.41, 5.74) is 13.6. The first-order valence-electron chi connectivity index (χ1n) is 8.04. The predicted octanol–water partition coefficient (Wildman–Crippen LogP) is 0.923. The van der Waals surface area contributed by atoms with E-state index in [4.69, 9.17) is 31.3 Å². The van der Waals surface area contributed by atoms with E-state index in [1.165, 1.54) is 11.1 Å². The van der Waals surface area contributed by atoms with Crippen LogP contribution >= 0.6 is 0 Å². The number of aliphatic carboxylic acids is 2. The molecule has 0 fully saturated rings. The third-order valence-electron chi connectivity index (χ3n) is 2.65. The zero-order chi connectivity index (χ0) is 20.5. The monoisotopic (exact) mass is 423 g/mol. The van der Waals surface area contributed by atoms with E-state index in [-0.39, 0.29) is 29.2 Å². The molecule has 0 aliphatic heterocycles. The maximum Gasteiger partial charge on any atom is 2.00 e. The number of carbonyl (C=O) groups excluding carboxylic acids is 2. The molecule has 2 rings (SSSR count). The Labute approximate surface area is 172 Å². The number of carboxylic acid groups (broad SMARTS) is 2. The Balaban J connectivity index is -0.000000303. The van der Waals surface area contributed by atoms with Crippen LogP contribution in [0, 0.1) is 0 Å². The van der Waals surface area contributed by atoms with Gasteiger partial charge in [-0.1, -0.05) is 60.7 Å². The molecule has 0 bridgehead atoms. The topological polar surface area (TPSA) is 132 Å². The van der Waals surface area contributed by atoms with Crippen molar-refractivity contribution in [2.75, 3.05) is 0 Å². The second-order valence-corrected chi connectivity index (χ2v) is 5.38. The van der Waals surface area contributed by atoms with Crippen molar-refractivity contribution in [1.29, 1.82) is 0 Å². The van der Waals surface area contributed by atoms with E-state index in [1.807, 2.05) is 74.5 Å². The summed E-state index contributed by atoms with van der Waals surface area (Å²) in [6.07, 6.45) is 0. The third kappa shape index (κ3) is 23.8.